The van der Waals surface area contributed by atoms with E-state index in [1.165, 1.54) is 6.42 Å². The quantitative estimate of drug-likeness (QED) is 0.603. The monoisotopic (exact) mass is 147 g/mol. The minimum Gasteiger partial charge on any atom is -0.327 e. The zero-order chi connectivity index (χ0) is 7.49. The Kier molecular flexibility index (Phi) is 3.68. The van der Waals surface area contributed by atoms with E-state index in [0.717, 1.165) is 6.16 Å². The van der Waals surface area contributed by atoms with Crippen LogP contribution < -0.4 is 5.73 Å². The molecule has 9 heavy (non-hydrogen) atoms. The summed E-state index contributed by atoms with van der Waals surface area (Å²) in [5, 5.41) is 0. The first-order chi connectivity index (χ1) is 4.00. The van der Waals surface area contributed by atoms with E-state index in [9.17, 15) is 0 Å². The molecule has 1 nitrogen and oxygen atoms in total. The van der Waals surface area contributed by atoms with Crippen molar-refractivity contribution in [1.82, 2.24) is 0 Å². The Morgan fingerprint density at radius 1 is 1.56 bits per heavy atom. The van der Waals surface area contributed by atoms with E-state index in [2.05, 4.69) is 30.0 Å². The van der Waals surface area contributed by atoms with Crippen molar-refractivity contribution < 1.29 is 0 Å². The summed E-state index contributed by atoms with van der Waals surface area (Å²) < 4.78 is 0. The molecule has 0 aromatic rings. The second-order valence-corrected chi connectivity index (χ2v) is 3.89. The summed E-state index contributed by atoms with van der Waals surface area (Å²) >= 11 is 0. The van der Waals surface area contributed by atoms with Gasteiger partial charge < -0.3 is 5.73 Å². The van der Waals surface area contributed by atoms with Gasteiger partial charge in [0.25, 0.3) is 0 Å². The lowest BCUT2D eigenvalue weighted by Crippen LogP contribution is -2.34. The molecule has 0 rings (SSSR count). The third kappa shape index (κ3) is 3.17. The van der Waals surface area contributed by atoms with E-state index >= 15 is 0 Å². The highest BCUT2D eigenvalue weighted by Gasteiger charge is 2.20. The standard InChI is InChI=1S/C7H18NP/c1-6(8)7(2,3)4-5-9/h6H,4-5,8-9H2,1-3H3. The van der Waals surface area contributed by atoms with Crippen LogP contribution in [0.1, 0.15) is 27.2 Å². The first-order valence-electron chi connectivity index (χ1n) is 3.46. The Labute approximate surface area is 60.6 Å². The Morgan fingerprint density at radius 3 is 2.11 bits per heavy atom. The molecule has 0 aliphatic carbocycles. The highest BCUT2D eigenvalue weighted by molar-refractivity contribution is 7.16. The Balaban J connectivity index is 3.70. The minimum atomic E-state index is 0.304. The van der Waals surface area contributed by atoms with Crippen LogP contribution in [0.25, 0.3) is 0 Å². The lowest BCUT2D eigenvalue weighted by atomic mass is 9.83. The fraction of sp³-hybridized carbons (Fsp3) is 1.00. The molecule has 0 saturated heterocycles. The third-order valence-corrected chi connectivity index (χ3v) is 2.31. The van der Waals surface area contributed by atoms with Crippen LogP contribution >= 0.6 is 9.24 Å². The first kappa shape index (κ1) is 9.39. The molecule has 0 radical (unpaired) electrons. The molecule has 0 aromatic heterocycles. The Hall–Kier alpha value is 0.390. The highest BCUT2D eigenvalue weighted by Crippen LogP contribution is 2.24. The normalized spacial score (nSPS) is 15.7. The molecular formula is C7H18NP. The molecule has 2 N–H and O–H groups in total. The van der Waals surface area contributed by atoms with Crippen molar-refractivity contribution in [3.8, 4) is 0 Å². The molecule has 2 atom stereocenters. The summed E-state index contributed by atoms with van der Waals surface area (Å²) in [6.07, 6.45) is 2.34. The van der Waals surface area contributed by atoms with Crippen molar-refractivity contribution in [3.05, 3.63) is 0 Å². The predicted molar refractivity (Wildman–Crippen MR) is 46.6 cm³/mol. The predicted octanol–water partition coefficient (Wildman–Crippen LogP) is 1.62. The van der Waals surface area contributed by atoms with Crippen molar-refractivity contribution in [2.75, 3.05) is 6.16 Å². The largest absolute Gasteiger partial charge is 0.327 e. The summed E-state index contributed by atoms with van der Waals surface area (Å²) in [7, 11) is 2.73. The SMILES string of the molecule is CC(N)C(C)(C)CCP. The van der Waals surface area contributed by atoms with Gasteiger partial charge in [-0.2, -0.15) is 0 Å². The molecule has 0 saturated carbocycles. The van der Waals surface area contributed by atoms with Crippen molar-refractivity contribution in [1.29, 1.82) is 0 Å². The molecule has 0 amide bonds. The van der Waals surface area contributed by atoms with Crippen molar-refractivity contribution in [2.24, 2.45) is 11.1 Å². The van der Waals surface area contributed by atoms with Gasteiger partial charge in [0, 0.05) is 6.04 Å². The van der Waals surface area contributed by atoms with Crippen LogP contribution in [-0.4, -0.2) is 12.2 Å². The minimum absolute atomic E-state index is 0.304. The van der Waals surface area contributed by atoms with Crippen molar-refractivity contribution in [3.63, 3.8) is 0 Å². The summed E-state index contributed by atoms with van der Waals surface area (Å²) in [5.41, 5.74) is 6.05. The highest BCUT2D eigenvalue weighted by atomic mass is 31.0. The number of rotatable bonds is 3. The Morgan fingerprint density at radius 2 is 2.00 bits per heavy atom. The van der Waals surface area contributed by atoms with Crippen LogP contribution in [0.4, 0.5) is 0 Å². The van der Waals surface area contributed by atoms with Crippen LogP contribution in [0, 0.1) is 5.41 Å². The molecule has 0 spiro atoms. The molecule has 2 heteroatoms. The lowest BCUT2D eigenvalue weighted by Gasteiger charge is -2.28. The molecule has 0 aromatic carbocycles. The van der Waals surface area contributed by atoms with E-state index in [1.807, 2.05) is 0 Å². The second kappa shape index (κ2) is 3.53. The maximum atomic E-state index is 5.75. The van der Waals surface area contributed by atoms with Gasteiger partial charge in [0.05, 0.1) is 0 Å². The van der Waals surface area contributed by atoms with Gasteiger partial charge >= 0.3 is 0 Å². The fourth-order valence-corrected chi connectivity index (χ4v) is 1.34. The topological polar surface area (TPSA) is 26.0 Å². The van der Waals surface area contributed by atoms with Gasteiger partial charge in [-0.3, -0.25) is 0 Å². The molecule has 56 valence electrons. The first-order valence-corrected chi connectivity index (χ1v) is 4.28. The number of hydrogen-bond acceptors (Lipinski definition) is 1. The van der Waals surface area contributed by atoms with Gasteiger partial charge in [-0.15, -0.1) is 9.24 Å². The van der Waals surface area contributed by atoms with Gasteiger partial charge in [0.2, 0.25) is 0 Å². The summed E-state index contributed by atoms with van der Waals surface area (Å²) in [6.45, 7) is 6.49. The molecule has 2 unspecified atom stereocenters. The third-order valence-electron chi connectivity index (χ3n) is 2.02. The molecule has 0 fully saturated rings. The zero-order valence-corrected chi connectivity index (χ0v) is 7.80. The average molecular weight is 147 g/mol. The Bertz CT molecular complexity index is 79.0. The smallest absolute Gasteiger partial charge is 0.00618 e. The molecule has 0 heterocycles. The molecule has 0 aliphatic rings. The van der Waals surface area contributed by atoms with E-state index in [0.29, 0.717) is 11.5 Å². The maximum absolute atomic E-state index is 5.75. The van der Waals surface area contributed by atoms with E-state index in [4.69, 9.17) is 5.73 Å². The van der Waals surface area contributed by atoms with Gasteiger partial charge in [-0.05, 0) is 24.9 Å². The van der Waals surface area contributed by atoms with Crippen LogP contribution in [0.3, 0.4) is 0 Å². The number of nitrogens with two attached hydrogens (primary N) is 1. The number of hydrogen-bond donors (Lipinski definition) is 1. The van der Waals surface area contributed by atoms with Gasteiger partial charge in [0.1, 0.15) is 0 Å². The van der Waals surface area contributed by atoms with Crippen LogP contribution in [-0.2, 0) is 0 Å². The van der Waals surface area contributed by atoms with E-state index < -0.39 is 0 Å². The van der Waals surface area contributed by atoms with Crippen molar-refractivity contribution >= 4 is 9.24 Å². The second-order valence-electron chi connectivity index (χ2n) is 3.32. The van der Waals surface area contributed by atoms with Crippen LogP contribution in [0.15, 0.2) is 0 Å². The molecule has 0 bridgehead atoms. The van der Waals surface area contributed by atoms with Crippen molar-refractivity contribution in [2.45, 2.75) is 33.2 Å². The maximum Gasteiger partial charge on any atom is 0.00618 e. The fourth-order valence-electron chi connectivity index (χ4n) is 0.600. The lowest BCUT2D eigenvalue weighted by molar-refractivity contribution is 0.292. The molecular weight excluding hydrogens is 129 g/mol. The van der Waals surface area contributed by atoms with Gasteiger partial charge in [-0.25, -0.2) is 0 Å². The van der Waals surface area contributed by atoms with E-state index in [-0.39, 0.29) is 0 Å². The van der Waals surface area contributed by atoms with E-state index in [1.54, 1.807) is 0 Å². The van der Waals surface area contributed by atoms with Crippen LogP contribution in [0.2, 0.25) is 0 Å². The van der Waals surface area contributed by atoms with Gasteiger partial charge in [0.15, 0.2) is 0 Å². The molecule has 0 aliphatic heterocycles. The summed E-state index contributed by atoms with van der Waals surface area (Å²) in [6, 6.07) is 0.304. The summed E-state index contributed by atoms with van der Waals surface area (Å²) in [4.78, 5) is 0. The summed E-state index contributed by atoms with van der Waals surface area (Å²) in [5.74, 6) is 0. The zero-order valence-electron chi connectivity index (χ0n) is 6.65. The van der Waals surface area contributed by atoms with Gasteiger partial charge in [-0.1, -0.05) is 13.8 Å². The average Bonchev–Trinajstić information content (AvgIpc) is 1.65. The van der Waals surface area contributed by atoms with Crippen LogP contribution in [0.5, 0.6) is 0 Å².